The van der Waals surface area contributed by atoms with Crippen LogP contribution in [0.2, 0.25) is 0 Å². The Kier molecular flexibility index (Phi) is 3.69. The predicted molar refractivity (Wildman–Crippen MR) is 46.3 cm³/mol. The van der Waals surface area contributed by atoms with Crippen molar-refractivity contribution >= 4 is 5.97 Å². The van der Waals surface area contributed by atoms with Crippen LogP contribution in [0.15, 0.2) is 0 Å². The van der Waals surface area contributed by atoms with E-state index in [1.807, 2.05) is 0 Å². The van der Waals surface area contributed by atoms with E-state index in [2.05, 4.69) is 0 Å². The second kappa shape index (κ2) is 4.58. The van der Waals surface area contributed by atoms with Crippen LogP contribution >= 0.6 is 0 Å². The van der Waals surface area contributed by atoms with Gasteiger partial charge in [-0.2, -0.15) is 0 Å². The molecule has 0 bridgehead atoms. The van der Waals surface area contributed by atoms with Crippen molar-refractivity contribution in [2.75, 3.05) is 19.8 Å². The molecule has 1 atom stereocenters. The number of carbonyl (C=O) groups excluding carboxylic acids is 1. The highest BCUT2D eigenvalue weighted by Gasteiger charge is 2.41. The van der Waals surface area contributed by atoms with Gasteiger partial charge in [-0.15, -0.1) is 0 Å². The Bertz CT molecular complexity index is 172. The Morgan fingerprint density at radius 1 is 1.62 bits per heavy atom. The lowest BCUT2D eigenvalue weighted by Gasteiger charge is -2.32. The van der Waals surface area contributed by atoms with Crippen LogP contribution in [0.25, 0.3) is 0 Å². The number of hydrogen-bond acceptors (Lipinski definition) is 4. The average molecular weight is 188 g/mol. The topological polar surface area (TPSA) is 55.8 Å². The molecule has 1 aliphatic heterocycles. The van der Waals surface area contributed by atoms with Crippen molar-refractivity contribution in [3.05, 3.63) is 0 Å². The molecule has 0 amide bonds. The summed E-state index contributed by atoms with van der Waals surface area (Å²) in [7, 11) is 0. The standard InChI is InChI=1S/C9H16O4/c1-2-12-8(11)9(7-10)5-3-4-6-13-9/h10H,2-7H2,1H3/t9-/m0/s1. The van der Waals surface area contributed by atoms with Gasteiger partial charge in [-0.25, -0.2) is 4.79 Å². The van der Waals surface area contributed by atoms with Gasteiger partial charge >= 0.3 is 5.97 Å². The van der Waals surface area contributed by atoms with Crippen LogP contribution in [-0.4, -0.2) is 36.5 Å². The van der Waals surface area contributed by atoms with Crippen LogP contribution in [0.3, 0.4) is 0 Å². The summed E-state index contributed by atoms with van der Waals surface area (Å²) in [5.41, 5.74) is -1.08. The van der Waals surface area contributed by atoms with Crippen LogP contribution in [0.4, 0.5) is 0 Å². The second-order valence-electron chi connectivity index (χ2n) is 3.18. The summed E-state index contributed by atoms with van der Waals surface area (Å²) in [6.07, 6.45) is 2.41. The minimum absolute atomic E-state index is 0.286. The Labute approximate surface area is 77.8 Å². The minimum Gasteiger partial charge on any atom is -0.464 e. The molecule has 0 unspecified atom stereocenters. The van der Waals surface area contributed by atoms with Gasteiger partial charge in [0.2, 0.25) is 0 Å². The molecule has 0 spiro atoms. The summed E-state index contributed by atoms with van der Waals surface area (Å²) >= 11 is 0. The number of carbonyl (C=O) groups is 1. The number of hydrogen-bond donors (Lipinski definition) is 1. The van der Waals surface area contributed by atoms with Gasteiger partial charge in [0.05, 0.1) is 13.2 Å². The van der Waals surface area contributed by atoms with E-state index in [1.165, 1.54) is 0 Å². The summed E-state index contributed by atoms with van der Waals surface area (Å²) < 4.78 is 10.2. The molecule has 0 aliphatic carbocycles. The van der Waals surface area contributed by atoms with Crippen molar-refractivity contribution in [1.82, 2.24) is 0 Å². The van der Waals surface area contributed by atoms with E-state index in [9.17, 15) is 4.79 Å². The number of aliphatic hydroxyl groups is 1. The lowest BCUT2D eigenvalue weighted by molar-refractivity contribution is -0.184. The smallest absolute Gasteiger partial charge is 0.340 e. The van der Waals surface area contributed by atoms with Gasteiger partial charge < -0.3 is 14.6 Å². The van der Waals surface area contributed by atoms with Crippen LogP contribution in [0, 0.1) is 0 Å². The molecule has 1 rings (SSSR count). The zero-order valence-corrected chi connectivity index (χ0v) is 7.91. The van der Waals surface area contributed by atoms with Gasteiger partial charge in [0, 0.05) is 6.61 Å². The third-order valence-electron chi connectivity index (χ3n) is 2.26. The first-order valence-corrected chi connectivity index (χ1v) is 4.67. The number of aliphatic hydroxyl groups excluding tert-OH is 1. The third kappa shape index (κ3) is 2.19. The Morgan fingerprint density at radius 3 is 2.85 bits per heavy atom. The van der Waals surface area contributed by atoms with Crippen molar-refractivity contribution in [3.8, 4) is 0 Å². The monoisotopic (exact) mass is 188 g/mol. The molecule has 0 saturated carbocycles. The highest BCUT2D eigenvalue weighted by atomic mass is 16.6. The summed E-state index contributed by atoms with van der Waals surface area (Å²) in [6.45, 7) is 2.31. The molecule has 0 radical (unpaired) electrons. The zero-order valence-electron chi connectivity index (χ0n) is 7.91. The highest BCUT2D eigenvalue weighted by Crippen LogP contribution is 2.25. The number of ether oxygens (including phenoxy) is 2. The van der Waals surface area contributed by atoms with Crippen LogP contribution in [0.5, 0.6) is 0 Å². The first-order valence-electron chi connectivity index (χ1n) is 4.67. The molecular formula is C9H16O4. The van der Waals surface area contributed by atoms with E-state index in [0.29, 0.717) is 19.6 Å². The summed E-state index contributed by atoms with van der Waals surface area (Å²) in [5.74, 6) is -0.433. The van der Waals surface area contributed by atoms with Gasteiger partial charge in [-0.1, -0.05) is 0 Å². The molecule has 0 aromatic rings. The van der Waals surface area contributed by atoms with Gasteiger partial charge in [0.25, 0.3) is 0 Å². The van der Waals surface area contributed by atoms with E-state index in [1.54, 1.807) is 6.92 Å². The highest BCUT2D eigenvalue weighted by molar-refractivity contribution is 5.79. The van der Waals surface area contributed by atoms with Crippen LogP contribution < -0.4 is 0 Å². The van der Waals surface area contributed by atoms with Crippen molar-refractivity contribution in [2.24, 2.45) is 0 Å². The molecule has 0 aromatic heterocycles. The fourth-order valence-corrected chi connectivity index (χ4v) is 1.47. The van der Waals surface area contributed by atoms with Gasteiger partial charge in [0.15, 0.2) is 5.60 Å². The number of esters is 1. The largest absolute Gasteiger partial charge is 0.464 e. The maximum atomic E-state index is 11.4. The van der Waals surface area contributed by atoms with E-state index < -0.39 is 11.6 Å². The minimum atomic E-state index is -1.08. The second-order valence-corrected chi connectivity index (χ2v) is 3.18. The first-order chi connectivity index (χ1) is 6.25. The number of rotatable bonds is 3. The molecule has 1 N–H and O–H groups in total. The first kappa shape index (κ1) is 10.5. The third-order valence-corrected chi connectivity index (χ3v) is 2.26. The molecule has 1 saturated heterocycles. The van der Waals surface area contributed by atoms with Crippen LogP contribution in [-0.2, 0) is 14.3 Å². The van der Waals surface area contributed by atoms with Gasteiger partial charge in [-0.3, -0.25) is 0 Å². The normalized spacial score (nSPS) is 28.5. The molecule has 4 nitrogen and oxygen atoms in total. The lowest BCUT2D eigenvalue weighted by atomic mass is 9.95. The average Bonchev–Trinajstić information content (AvgIpc) is 2.19. The van der Waals surface area contributed by atoms with Gasteiger partial charge in [0.1, 0.15) is 0 Å². The van der Waals surface area contributed by atoms with E-state index >= 15 is 0 Å². The predicted octanol–water partition coefficient (Wildman–Crippen LogP) is 0.481. The van der Waals surface area contributed by atoms with Crippen molar-refractivity contribution in [2.45, 2.75) is 31.8 Å². The maximum absolute atomic E-state index is 11.4. The Hall–Kier alpha value is -0.610. The quantitative estimate of drug-likeness (QED) is 0.654. The lowest BCUT2D eigenvalue weighted by Crippen LogP contribution is -2.48. The molecular weight excluding hydrogens is 172 g/mol. The summed E-state index contributed by atoms with van der Waals surface area (Å²) in [4.78, 5) is 11.4. The summed E-state index contributed by atoms with van der Waals surface area (Å²) in [6, 6.07) is 0. The molecule has 1 aliphatic rings. The van der Waals surface area contributed by atoms with E-state index in [-0.39, 0.29) is 6.61 Å². The Morgan fingerprint density at radius 2 is 2.38 bits per heavy atom. The molecule has 4 heteroatoms. The van der Waals surface area contributed by atoms with Crippen molar-refractivity contribution in [3.63, 3.8) is 0 Å². The van der Waals surface area contributed by atoms with Crippen LogP contribution in [0.1, 0.15) is 26.2 Å². The SMILES string of the molecule is CCOC(=O)[C@@]1(CO)CCCCO1. The van der Waals surface area contributed by atoms with E-state index in [4.69, 9.17) is 14.6 Å². The molecule has 13 heavy (non-hydrogen) atoms. The van der Waals surface area contributed by atoms with Gasteiger partial charge in [-0.05, 0) is 26.2 Å². The molecule has 1 heterocycles. The summed E-state index contributed by atoms with van der Waals surface area (Å²) in [5, 5.41) is 9.11. The fourth-order valence-electron chi connectivity index (χ4n) is 1.47. The molecule has 0 aromatic carbocycles. The van der Waals surface area contributed by atoms with Crippen molar-refractivity contribution < 1.29 is 19.4 Å². The maximum Gasteiger partial charge on any atom is 0.340 e. The Balaban J connectivity index is 2.61. The zero-order chi connectivity index (χ0) is 9.73. The molecule has 1 fully saturated rings. The molecule has 76 valence electrons. The van der Waals surface area contributed by atoms with E-state index in [0.717, 1.165) is 12.8 Å². The van der Waals surface area contributed by atoms with Crippen molar-refractivity contribution in [1.29, 1.82) is 0 Å². The fraction of sp³-hybridized carbons (Fsp3) is 0.889.